The number of aliphatic hydroxyl groups is 1. The van der Waals surface area contributed by atoms with Crippen molar-refractivity contribution in [2.24, 2.45) is 5.41 Å². The number of fused-ring (bicyclic) bond motifs is 1. The highest BCUT2D eigenvalue weighted by Crippen LogP contribution is 2.35. The fourth-order valence-corrected chi connectivity index (χ4v) is 5.11. The molecule has 2 aromatic heterocycles. The Balaban J connectivity index is 1.53. The second-order valence-electron chi connectivity index (χ2n) is 7.70. The largest absolute Gasteiger partial charge is 0.497 e. The van der Waals surface area contributed by atoms with Gasteiger partial charge in [-0.25, -0.2) is 4.98 Å². The standard InChI is InChI=1S/C21H27N3O2S/c1-16-19(24-9-10-27-20(24)22-16)13-23-8-4-7-21(14-23,15-25)12-17-5-3-6-18(11-17)26-2/h3,5-6,9-11,25H,4,7-8,12-15H2,1-2H3. The number of likely N-dealkylation sites (tertiary alicyclic amines) is 1. The van der Waals surface area contributed by atoms with Crippen molar-refractivity contribution in [3.63, 3.8) is 0 Å². The molecule has 1 aromatic carbocycles. The van der Waals surface area contributed by atoms with Gasteiger partial charge in [-0.3, -0.25) is 9.30 Å². The lowest BCUT2D eigenvalue weighted by atomic mass is 9.75. The lowest BCUT2D eigenvalue weighted by molar-refractivity contribution is 0.0281. The number of aryl methyl sites for hydroxylation is 1. The third kappa shape index (κ3) is 3.74. The minimum Gasteiger partial charge on any atom is -0.497 e. The number of methoxy groups -OCH3 is 1. The molecule has 0 bridgehead atoms. The summed E-state index contributed by atoms with van der Waals surface area (Å²) >= 11 is 1.68. The van der Waals surface area contributed by atoms with Gasteiger partial charge in [0.15, 0.2) is 4.96 Å². The molecule has 5 nitrogen and oxygen atoms in total. The SMILES string of the molecule is COc1cccc(CC2(CO)CCCN(Cc3c(C)nc4sccn34)C2)c1. The van der Waals surface area contributed by atoms with Crippen LogP contribution < -0.4 is 4.74 Å². The number of aliphatic hydroxyl groups excluding tert-OH is 1. The van der Waals surface area contributed by atoms with E-state index in [-0.39, 0.29) is 12.0 Å². The molecule has 4 rings (SSSR count). The van der Waals surface area contributed by atoms with Crippen LogP contribution in [0.4, 0.5) is 0 Å². The van der Waals surface area contributed by atoms with Crippen molar-refractivity contribution in [1.82, 2.24) is 14.3 Å². The van der Waals surface area contributed by atoms with Gasteiger partial charge < -0.3 is 9.84 Å². The van der Waals surface area contributed by atoms with Gasteiger partial charge in [0.2, 0.25) is 0 Å². The van der Waals surface area contributed by atoms with E-state index in [0.29, 0.717) is 0 Å². The van der Waals surface area contributed by atoms with Crippen LogP contribution in [0.2, 0.25) is 0 Å². The molecule has 3 aromatic rings. The number of rotatable bonds is 6. The van der Waals surface area contributed by atoms with Crippen LogP contribution in [0.3, 0.4) is 0 Å². The number of piperidine rings is 1. The van der Waals surface area contributed by atoms with E-state index in [4.69, 9.17) is 4.74 Å². The summed E-state index contributed by atoms with van der Waals surface area (Å²) in [5.41, 5.74) is 3.50. The Bertz CT molecular complexity index is 919. The number of hydrogen-bond donors (Lipinski definition) is 1. The summed E-state index contributed by atoms with van der Waals surface area (Å²) in [6.45, 7) is 5.15. The smallest absolute Gasteiger partial charge is 0.194 e. The third-order valence-electron chi connectivity index (χ3n) is 5.72. The van der Waals surface area contributed by atoms with Gasteiger partial charge in [0.05, 0.1) is 25.1 Å². The van der Waals surface area contributed by atoms with E-state index in [9.17, 15) is 5.11 Å². The van der Waals surface area contributed by atoms with Gasteiger partial charge in [-0.2, -0.15) is 0 Å². The van der Waals surface area contributed by atoms with E-state index in [1.165, 1.54) is 11.3 Å². The summed E-state index contributed by atoms with van der Waals surface area (Å²) in [6.07, 6.45) is 5.14. The summed E-state index contributed by atoms with van der Waals surface area (Å²) < 4.78 is 7.57. The fraction of sp³-hybridized carbons (Fsp3) is 0.476. The average Bonchev–Trinajstić information content (AvgIpc) is 3.24. The highest BCUT2D eigenvalue weighted by Gasteiger charge is 2.35. The van der Waals surface area contributed by atoms with Crippen LogP contribution in [0.5, 0.6) is 5.75 Å². The summed E-state index contributed by atoms with van der Waals surface area (Å²) in [6, 6.07) is 8.22. The summed E-state index contributed by atoms with van der Waals surface area (Å²) in [5.74, 6) is 0.878. The Kier molecular flexibility index (Phi) is 5.21. The Hall–Kier alpha value is -1.89. The summed E-state index contributed by atoms with van der Waals surface area (Å²) in [4.78, 5) is 8.21. The van der Waals surface area contributed by atoms with Crippen LogP contribution in [0.1, 0.15) is 29.8 Å². The number of benzene rings is 1. The van der Waals surface area contributed by atoms with Gasteiger partial charge in [-0.15, -0.1) is 11.3 Å². The van der Waals surface area contributed by atoms with Crippen molar-refractivity contribution in [3.8, 4) is 5.75 Å². The average molecular weight is 386 g/mol. The minimum atomic E-state index is -0.100. The molecule has 1 fully saturated rings. The fourth-order valence-electron chi connectivity index (χ4n) is 4.33. The van der Waals surface area contributed by atoms with E-state index in [0.717, 1.165) is 55.3 Å². The minimum absolute atomic E-state index is 0.100. The molecule has 27 heavy (non-hydrogen) atoms. The maximum Gasteiger partial charge on any atom is 0.194 e. The molecule has 1 atom stereocenters. The number of nitrogens with zero attached hydrogens (tertiary/aromatic N) is 3. The van der Waals surface area contributed by atoms with Crippen molar-refractivity contribution in [1.29, 1.82) is 0 Å². The Labute approximate surface area is 164 Å². The van der Waals surface area contributed by atoms with Crippen LogP contribution in [-0.2, 0) is 13.0 Å². The molecule has 0 saturated carbocycles. The van der Waals surface area contributed by atoms with Gasteiger partial charge in [0.1, 0.15) is 5.75 Å². The molecular weight excluding hydrogens is 358 g/mol. The first-order valence-electron chi connectivity index (χ1n) is 9.50. The van der Waals surface area contributed by atoms with E-state index in [1.54, 1.807) is 18.4 Å². The highest BCUT2D eigenvalue weighted by molar-refractivity contribution is 7.15. The molecule has 6 heteroatoms. The third-order valence-corrected chi connectivity index (χ3v) is 6.48. The van der Waals surface area contributed by atoms with Gasteiger partial charge in [0.25, 0.3) is 0 Å². The van der Waals surface area contributed by atoms with E-state index in [2.05, 4.69) is 44.9 Å². The first-order chi connectivity index (χ1) is 13.1. The maximum atomic E-state index is 10.3. The first kappa shape index (κ1) is 18.5. The number of aromatic nitrogens is 2. The molecule has 0 spiro atoms. The molecular formula is C21H27N3O2S. The first-order valence-corrected chi connectivity index (χ1v) is 10.4. The Morgan fingerprint density at radius 2 is 2.26 bits per heavy atom. The number of thiazole rings is 1. The Morgan fingerprint density at radius 1 is 1.37 bits per heavy atom. The molecule has 0 amide bonds. The van der Waals surface area contributed by atoms with Crippen molar-refractivity contribution < 1.29 is 9.84 Å². The second kappa shape index (κ2) is 7.62. The van der Waals surface area contributed by atoms with Crippen LogP contribution in [0, 0.1) is 12.3 Å². The molecule has 1 aliphatic rings. The molecule has 0 radical (unpaired) electrons. The van der Waals surface area contributed by atoms with E-state index >= 15 is 0 Å². The summed E-state index contributed by atoms with van der Waals surface area (Å²) in [5, 5.41) is 12.4. The molecule has 1 unspecified atom stereocenters. The van der Waals surface area contributed by atoms with Crippen molar-refractivity contribution in [3.05, 3.63) is 52.8 Å². The molecule has 1 N–H and O–H groups in total. The van der Waals surface area contributed by atoms with Gasteiger partial charge in [0, 0.05) is 30.1 Å². The van der Waals surface area contributed by atoms with E-state index < -0.39 is 0 Å². The second-order valence-corrected chi connectivity index (χ2v) is 8.57. The molecule has 144 valence electrons. The van der Waals surface area contributed by atoms with Crippen molar-refractivity contribution in [2.75, 3.05) is 26.8 Å². The van der Waals surface area contributed by atoms with Crippen molar-refractivity contribution in [2.45, 2.75) is 32.7 Å². The normalized spacial score (nSPS) is 21.0. The molecule has 3 heterocycles. The number of ether oxygens (including phenoxy) is 1. The van der Waals surface area contributed by atoms with E-state index in [1.807, 2.05) is 12.1 Å². The quantitative estimate of drug-likeness (QED) is 0.705. The van der Waals surface area contributed by atoms with Crippen molar-refractivity contribution >= 4 is 16.3 Å². The van der Waals surface area contributed by atoms with Crippen LogP contribution in [0.15, 0.2) is 35.8 Å². The molecule has 1 saturated heterocycles. The van der Waals surface area contributed by atoms with Crippen LogP contribution >= 0.6 is 11.3 Å². The highest BCUT2D eigenvalue weighted by atomic mass is 32.1. The lowest BCUT2D eigenvalue weighted by Crippen LogP contribution is -2.46. The van der Waals surface area contributed by atoms with Crippen LogP contribution in [0.25, 0.3) is 4.96 Å². The topological polar surface area (TPSA) is 50.0 Å². The zero-order chi connectivity index (χ0) is 18.9. The van der Waals surface area contributed by atoms with Crippen LogP contribution in [-0.4, -0.2) is 46.2 Å². The monoisotopic (exact) mass is 385 g/mol. The summed E-state index contributed by atoms with van der Waals surface area (Å²) in [7, 11) is 1.70. The predicted octanol–water partition coefficient (Wildman–Crippen LogP) is 3.53. The number of hydrogen-bond acceptors (Lipinski definition) is 5. The zero-order valence-corrected chi connectivity index (χ0v) is 16.8. The van der Waals surface area contributed by atoms with Gasteiger partial charge in [-0.1, -0.05) is 12.1 Å². The molecule has 0 aliphatic carbocycles. The lowest BCUT2D eigenvalue weighted by Gasteiger charge is -2.42. The number of imidazole rings is 1. The maximum absolute atomic E-state index is 10.3. The predicted molar refractivity (Wildman–Crippen MR) is 109 cm³/mol. The zero-order valence-electron chi connectivity index (χ0n) is 16.0. The van der Waals surface area contributed by atoms with Gasteiger partial charge in [-0.05, 0) is 50.4 Å². The van der Waals surface area contributed by atoms with Gasteiger partial charge >= 0.3 is 0 Å². The molecule has 1 aliphatic heterocycles. The Morgan fingerprint density at radius 3 is 3.07 bits per heavy atom.